The van der Waals surface area contributed by atoms with Crippen molar-refractivity contribution in [3.8, 4) is 0 Å². The molecule has 1 aromatic rings. The van der Waals surface area contributed by atoms with E-state index in [4.69, 9.17) is 10.5 Å². The van der Waals surface area contributed by atoms with Gasteiger partial charge in [0.1, 0.15) is 6.10 Å². The number of ether oxygens (including phenoxy) is 1. The van der Waals surface area contributed by atoms with Crippen molar-refractivity contribution in [1.82, 2.24) is 5.32 Å². The number of alkyl halides is 2. The molecule has 0 unspecified atom stereocenters. The average molecular weight is 344 g/mol. The Balaban J connectivity index is 1.52. The van der Waals surface area contributed by atoms with Crippen LogP contribution in [0.5, 0.6) is 0 Å². The summed E-state index contributed by atoms with van der Waals surface area (Å²) in [5.74, 6) is -2.74. The maximum Gasteiger partial charge on any atom is 0.404 e. The number of hydrogen-bond donors (Lipinski definition) is 2. The smallest absolute Gasteiger partial charge is 0.404 e. The van der Waals surface area contributed by atoms with Gasteiger partial charge in [0, 0.05) is 35.1 Å². The van der Waals surface area contributed by atoms with Crippen LogP contribution in [-0.2, 0) is 4.74 Å². The van der Waals surface area contributed by atoms with Crippen LogP contribution in [0, 0.1) is 0 Å². The van der Waals surface area contributed by atoms with Crippen molar-refractivity contribution in [2.24, 2.45) is 5.73 Å². The molecule has 0 aromatic carbocycles. The van der Waals surface area contributed by atoms with E-state index < -0.39 is 12.0 Å². The largest absolute Gasteiger partial charge is 0.446 e. The molecule has 3 N–H and O–H groups in total. The fraction of sp³-hybridized carbons (Fsp3) is 0.600. The van der Waals surface area contributed by atoms with E-state index in [-0.39, 0.29) is 36.8 Å². The van der Waals surface area contributed by atoms with Gasteiger partial charge in [-0.25, -0.2) is 13.6 Å². The molecule has 0 saturated heterocycles. The molecule has 126 valence electrons. The first kappa shape index (κ1) is 16.2. The SMILES string of the molecule is NC(=O)O[C@@H]1C[C@H]1c1cc(C(=O)NC2CCC(F)(F)CC2)cs1. The Morgan fingerprint density at radius 3 is 2.70 bits per heavy atom. The van der Waals surface area contributed by atoms with Gasteiger partial charge in [-0.05, 0) is 25.3 Å². The van der Waals surface area contributed by atoms with Gasteiger partial charge < -0.3 is 15.8 Å². The van der Waals surface area contributed by atoms with E-state index in [1.165, 1.54) is 11.3 Å². The highest BCUT2D eigenvalue weighted by molar-refractivity contribution is 7.10. The van der Waals surface area contributed by atoms with Crippen LogP contribution in [0.15, 0.2) is 11.4 Å². The number of carbonyl (C=O) groups excluding carboxylic acids is 2. The summed E-state index contributed by atoms with van der Waals surface area (Å²) in [7, 11) is 0. The number of amides is 2. The fourth-order valence-electron chi connectivity index (χ4n) is 2.87. The average Bonchev–Trinajstić information content (AvgIpc) is 3.04. The molecule has 1 aromatic heterocycles. The number of primary amides is 1. The number of hydrogen-bond acceptors (Lipinski definition) is 4. The van der Waals surface area contributed by atoms with Gasteiger partial charge in [-0.15, -0.1) is 11.3 Å². The predicted molar refractivity (Wildman–Crippen MR) is 80.8 cm³/mol. The van der Waals surface area contributed by atoms with E-state index in [1.807, 2.05) is 0 Å². The monoisotopic (exact) mass is 344 g/mol. The molecular weight excluding hydrogens is 326 g/mol. The van der Waals surface area contributed by atoms with Crippen molar-refractivity contribution >= 4 is 23.3 Å². The third-order valence-electron chi connectivity index (χ3n) is 4.30. The Labute approximate surface area is 136 Å². The van der Waals surface area contributed by atoms with Crippen molar-refractivity contribution in [3.05, 3.63) is 21.9 Å². The zero-order chi connectivity index (χ0) is 16.6. The molecule has 3 rings (SSSR count). The summed E-state index contributed by atoms with van der Waals surface area (Å²) >= 11 is 1.43. The molecule has 2 saturated carbocycles. The molecule has 5 nitrogen and oxygen atoms in total. The summed E-state index contributed by atoms with van der Waals surface area (Å²) in [5, 5.41) is 4.56. The molecule has 0 aliphatic heterocycles. The molecular formula is C15H18F2N2O3S. The lowest BCUT2D eigenvalue weighted by molar-refractivity contribution is -0.0399. The zero-order valence-corrected chi connectivity index (χ0v) is 13.2. The second-order valence-corrected chi connectivity index (χ2v) is 7.10. The van der Waals surface area contributed by atoms with Crippen LogP contribution in [-0.4, -0.2) is 30.1 Å². The van der Waals surface area contributed by atoms with Crippen molar-refractivity contribution in [1.29, 1.82) is 0 Å². The molecule has 0 radical (unpaired) electrons. The number of nitrogens with one attached hydrogen (secondary N) is 1. The van der Waals surface area contributed by atoms with Crippen LogP contribution < -0.4 is 11.1 Å². The van der Waals surface area contributed by atoms with Gasteiger partial charge in [-0.1, -0.05) is 0 Å². The number of halogens is 2. The zero-order valence-electron chi connectivity index (χ0n) is 12.4. The van der Waals surface area contributed by atoms with Crippen molar-refractivity contribution in [2.45, 2.75) is 56.1 Å². The Morgan fingerprint density at radius 1 is 1.35 bits per heavy atom. The Morgan fingerprint density at radius 2 is 2.04 bits per heavy atom. The normalized spacial score (nSPS) is 26.5. The van der Waals surface area contributed by atoms with Crippen molar-refractivity contribution in [2.75, 3.05) is 0 Å². The first-order valence-corrected chi connectivity index (χ1v) is 8.45. The summed E-state index contributed by atoms with van der Waals surface area (Å²) in [6, 6.07) is 1.57. The minimum atomic E-state index is -2.60. The second kappa shape index (κ2) is 6.07. The van der Waals surface area contributed by atoms with E-state index in [0.29, 0.717) is 24.8 Å². The van der Waals surface area contributed by atoms with Gasteiger partial charge in [-0.2, -0.15) is 0 Å². The van der Waals surface area contributed by atoms with E-state index in [1.54, 1.807) is 11.4 Å². The van der Waals surface area contributed by atoms with Crippen molar-refractivity contribution in [3.63, 3.8) is 0 Å². The molecule has 0 bridgehead atoms. The first-order valence-electron chi connectivity index (χ1n) is 7.57. The molecule has 1 heterocycles. The van der Waals surface area contributed by atoms with Crippen LogP contribution in [0.1, 0.15) is 53.3 Å². The molecule has 2 amide bonds. The topological polar surface area (TPSA) is 81.4 Å². The Kier molecular flexibility index (Phi) is 4.27. The minimum absolute atomic E-state index is 0.0995. The van der Waals surface area contributed by atoms with Crippen molar-refractivity contribution < 1.29 is 23.1 Å². The summed E-state index contributed by atoms with van der Waals surface area (Å²) < 4.78 is 31.1. The number of rotatable bonds is 4. The second-order valence-electron chi connectivity index (χ2n) is 6.16. The molecule has 8 heteroatoms. The van der Waals surface area contributed by atoms with E-state index in [2.05, 4.69) is 5.32 Å². The number of nitrogens with two attached hydrogens (primary N) is 1. The van der Waals surface area contributed by atoms with Gasteiger partial charge in [0.2, 0.25) is 5.92 Å². The lowest BCUT2D eigenvalue weighted by Gasteiger charge is -2.28. The highest BCUT2D eigenvalue weighted by Crippen LogP contribution is 2.45. The summed E-state index contributed by atoms with van der Waals surface area (Å²) in [6.07, 6.45) is -0.0480. The van der Waals surface area contributed by atoms with Crippen LogP contribution in [0.3, 0.4) is 0 Å². The molecule has 2 aliphatic rings. The fourth-order valence-corrected chi connectivity index (χ4v) is 3.93. The highest BCUT2D eigenvalue weighted by atomic mass is 32.1. The number of carbonyl (C=O) groups is 2. The minimum Gasteiger partial charge on any atom is -0.446 e. The standard InChI is InChI=1S/C15H18F2N2O3S/c16-15(17)3-1-9(2-4-15)19-13(20)8-5-12(23-7-8)10-6-11(10)22-14(18)21/h5,7,9-11H,1-4,6H2,(H2,18,21)(H,19,20)/t10-,11-/m1/s1. The van der Waals surface area contributed by atoms with Gasteiger partial charge >= 0.3 is 6.09 Å². The van der Waals surface area contributed by atoms with Crippen LogP contribution >= 0.6 is 11.3 Å². The molecule has 2 atom stereocenters. The highest BCUT2D eigenvalue weighted by Gasteiger charge is 2.43. The van der Waals surface area contributed by atoms with Gasteiger partial charge in [0.05, 0.1) is 5.56 Å². The molecule has 23 heavy (non-hydrogen) atoms. The molecule has 0 spiro atoms. The van der Waals surface area contributed by atoms with E-state index in [0.717, 1.165) is 4.88 Å². The van der Waals surface area contributed by atoms with Gasteiger partial charge in [0.25, 0.3) is 5.91 Å². The molecule has 2 aliphatic carbocycles. The predicted octanol–water partition coefficient (Wildman–Crippen LogP) is 3.01. The van der Waals surface area contributed by atoms with Crippen LogP contribution in [0.4, 0.5) is 13.6 Å². The lowest BCUT2D eigenvalue weighted by atomic mass is 9.92. The maximum absolute atomic E-state index is 13.1. The van der Waals surface area contributed by atoms with Crippen LogP contribution in [0.2, 0.25) is 0 Å². The van der Waals surface area contributed by atoms with Gasteiger partial charge in [-0.3, -0.25) is 4.79 Å². The summed E-state index contributed by atoms with van der Waals surface area (Å²) in [6.45, 7) is 0. The van der Waals surface area contributed by atoms with Gasteiger partial charge in [0.15, 0.2) is 0 Å². The quantitative estimate of drug-likeness (QED) is 0.881. The lowest BCUT2D eigenvalue weighted by Crippen LogP contribution is -2.40. The van der Waals surface area contributed by atoms with Crippen LogP contribution in [0.25, 0.3) is 0 Å². The third-order valence-corrected chi connectivity index (χ3v) is 5.36. The summed E-state index contributed by atoms with van der Waals surface area (Å²) in [4.78, 5) is 23.9. The van der Waals surface area contributed by atoms with E-state index in [9.17, 15) is 18.4 Å². The van der Waals surface area contributed by atoms with E-state index >= 15 is 0 Å². The summed E-state index contributed by atoms with van der Waals surface area (Å²) in [5.41, 5.74) is 5.50. The third kappa shape index (κ3) is 3.99. The first-order chi connectivity index (χ1) is 10.8. The maximum atomic E-state index is 13.1. The number of thiophene rings is 1. The Bertz CT molecular complexity index is 610. The Hall–Kier alpha value is -1.70. The molecule has 2 fully saturated rings.